The Balaban J connectivity index is 0.000000364. The molecule has 6 aromatic rings. The normalized spacial score (nSPS) is 13.8. The first-order valence-corrected chi connectivity index (χ1v) is 45.4. The van der Waals surface area contributed by atoms with Crippen LogP contribution in [0.25, 0.3) is 0 Å². The Bertz CT molecular complexity index is 2600. The standard InChI is InChI=1S/2C42H63P.2HI.Pd/c2*1-37(2,3)28-19-29(38(4,5)6)23-34(22-28)43(35-24-30(39(7,8)9)20-31(25-35)40(10,11)12)36-26-32(41(13,14)15)21-33(27-36)42(16,17)18;;;/h2*19-27H,1-18H3;2*1H;/q;;;;+2. The third-order valence-electron chi connectivity index (χ3n) is 17.7. The molecule has 0 saturated heterocycles. The molecule has 0 spiro atoms. The first-order valence-electron chi connectivity index (χ1n) is 33.1. The molecule has 0 unspecified atom stereocenters. The van der Waals surface area contributed by atoms with E-state index < -0.39 is 15.8 Å². The predicted molar refractivity (Wildman–Crippen MR) is 426 cm³/mol. The third-order valence-corrected chi connectivity index (χ3v) is 22.9. The van der Waals surface area contributed by atoms with Crippen LogP contribution in [0.5, 0.6) is 0 Å². The van der Waals surface area contributed by atoms with E-state index in [0.29, 0.717) is 0 Å². The zero-order valence-corrected chi connectivity index (χ0v) is 71.3. The van der Waals surface area contributed by atoms with Gasteiger partial charge in [-0.25, -0.2) is 0 Å². The Morgan fingerprint density at radius 1 is 0.169 bits per heavy atom. The second-order valence-corrected chi connectivity index (χ2v) is 55.5. The van der Waals surface area contributed by atoms with Gasteiger partial charge in [0.15, 0.2) is 0 Å². The van der Waals surface area contributed by atoms with Crippen LogP contribution in [0.3, 0.4) is 0 Å². The number of rotatable bonds is 6. The van der Waals surface area contributed by atoms with Gasteiger partial charge in [-0.05, 0) is 205 Å². The number of benzene rings is 6. The maximum absolute atomic E-state index is 2.56. The molecule has 0 radical (unpaired) electrons. The molecule has 496 valence electrons. The van der Waals surface area contributed by atoms with Crippen molar-refractivity contribution >= 4 is 86.7 Å². The molecule has 0 N–H and O–H groups in total. The molecule has 0 amide bonds. The minimum absolute atomic E-state index is 0.0661. The van der Waals surface area contributed by atoms with E-state index in [1.807, 2.05) is 0 Å². The molecule has 0 aliphatic heterocycles. The molecule has 0 saturated carbocycles. The molecule has 6 rings (SSSR count). The van der Waals surface area contributed by atoms with Crippen LogP contribution >= 0.6 is 54.9 Å². The van der Waals surface area contributed by atoms with E-state index in [2.05, 4.69) is 397 Å². The summed E-state index contributed by atoms with van der Waals surface area (Å²) in [6, 6.07) is 45.6. The van der Waals surface area contributed by atoms with E-state index in [9.17, 15) is 0 Å². The van der Waals surface area contributed by atoms with Gasteiger partial charge in [-0.2, -0.15) is 0 Å². The average Bonchev–Trinajstić information content (AvgIpc) is 0.871. The zero-order valence-electron chi connectivity index (χ0n) is 63.5. The van der Waals surface area contributed by atoms with E-state index >= 15 is 0 Å². The fourth-order valence-electron chi connectivity index (χ4n) is 10.8. The second kappa shape index (κ2) is 28.2. The molecular weight excluding hydrogens is 1430 g/mol. The first-order chi connectivity index (χ1) is 39.6. The van der Waals surface area contributed by atoms with E-state index in [4.69, 9.17) is 0 Å². The van der Waals surface area contributed by atoms with Crippen molar-refractivity contribution in [2.75, 3.05) is 0 Å². The van der Waals surface area contributed by atoms with Crippen LogP contribution in [0.4, 0.5) is 0 Å². The first kappa shape index (κ1) is 79.7. The van der Waals surface area contributed by atoms with Gasteiger partial charge in [0.05, 0.1) is 15.8 Å². The minimum atomic E-state index is -1.37. The van der Waals surface area contributed by atoms with Gasteiger partial charge >= 0.3 is 49.8 Å². The number of halogens is 2. The van der Waals surface area contributed by atoms with Crippen LogP contribution < -0.4 is 31.8 Å². The Morgan fingerprint density at radius 2 is 0.236 bits per heavy atom. The summed E-state index contributed by atoms with van der Waals surface area (Å²) in [6.07, 6.45) is 0. The van der Waals surface area contributed by atoms with Crippen LogP contribution in [-0.4, -0.2) is 0 Å². The van der Waals surface area contributed by atoms with E-state index in [0.717, 1.165) is 10.8 Å². The van der Waals surface area contributed by atoms with Crippen molar-refractivity contribution in [1.82, 2.24) is 0 Å². The second-order valence-electron chi connectivity index (χ2n) is 38.6. The van der Waals surface area contributed by atoms with Gasteiger partial charge in [0, 0.05) is 0 Å². The van der Waals surface area contributed by atoms with Crippen LogP contribution in [0.1, 0.15) is 316 Å². The van der Waals surface area contributed by atoms with Gasteiger partial charge in [0.1, 0.15) is 31.8 Å². The summed E-state index contributed by atoms with van der Waals surface area (Å²) < 4.78 is 0. The summed E-state index contributed by atoms with van der Waals surface area (Å²) in [5, 5.41) is 9.00. The molecule has 0 aromatic heterocycles. The summed E-state index contributed by atoms with van der Waals surface area (Å²) in [6.45, 7) is 85.0. The Hall–Kier alpha value is -1.70. The number of hydrogen-bond donors (Lipinski definition) is 0. The van der Waals surface area contributed by atoms with Gasteiger partial charge in [-0.3, -0.25) is 0 Å². The third kappa shape index (κ3) is 22.2. The molecule has 0 aliphatic rings. The van der Waals surface area contributed by atoms with Crippen molar-refractivity contribution in [3.8, 4) is 0 Å². The van der Waals surface area contributed by atoms with Crippen molar-refractivity contribution in [3.05, 3.63) is 176 Å². The van der Waals surface area contributed by atoms with Gasteiger partial charge in [-0.1, -0.05) is 286 Å². The fraction of sp³-hybridized carbons (Fsp3) is 0.571. The van der Waals surface area contributed by atoms with E-state index in [1.54, 1.807) is 0 Å². The molecule has 6 aromatic carbocycles. The average molecular weight is 1560 g/mol. The molecule has 0 atom stereocenters. The van der Waals surface area contributed by atoms with Gasteiger partial charge < -0.3 is 0 Å². The molecule has 0 nitrogen and oxygen atoms in total. The summed E-state index contributed by atoms with van der Waals surface area (Å²) >= 11 is 4.65. The Labute approximate surface area is 582 Å². The van der Waals surface area contributed by atoms with Crippen LogP contribution in [0, 0.1) is 0 Å². The monoisotopic (exact) mass is 1560 g/mol. The van der Waals surface area contributed by atoms with Gasteiger partial charge in [-0.15, -0.1) is 0 Å². The van der Waals surface area contributed by atoms with Crippen molar-refractivity contribution in [1.29, 1.82) is 0 Å². The zero-order chi connectivity index (χ0) is 69.0. The summed E-state index contributed by atoms with van der Waals surface area (Å²) in [4.78, 5) is 0. The topological polar surface area (TPSA) is 0 Å². The summed E-state index contributed by atoms with van der Waals surface area (Å²) in [5.74, 6) is 0. The molecule has 5 heteroatoms. The molecule has 0 bridgehead atoms. The summed E-state index contributed by atoms with van der Waals surface area (Å²) in [5.41, 5.74) is 18.0. The van der Waals surface area contributed by atoms with Crippen LogP contribution in [-0.2, 0) is 75.7 Å². The Kier molecular flexibility index (Phi) is 25.2. The molecule has 0 fully saturated rings. The van der Waals surface area contributed by atoms with E-state index in [1.165, 1.54) is 98.6 Å². The van der Waals surface area contributed by atoms with Crippen molar-refractivity contribution < 1.29 is 10.8 Å². The molecular formula is C84H128I2P2Pd+2. The van der Waals surface area contributed by atoms with Gasteiger partial charge in [0.2, 0.25) is 0 Å². The molecule has 89 heavy (non-hydrogen) atoms. The molecule has 0 aliphatic carbocycles. The van der Waals surface area contributed by atoms with Crippen molar-refractivity contribution in [3.63, 3.8) is 0 Å². The van der Waals surface area contributed by atoms with Crippen LogP contribution in [0.15, 0.2) is 109 Å². The van der Waals surface area contributed by atoms with E-state index in [-0.39, 0.29) is 65.0 Å². The SMILES string of the molecule is CC(C)(C)c1cc([PH+](c2cc(C(C)(C)C)cc(C(C)(C)C)c2)c2cc(C(C)(C)C)cc(C(C)(C)C)c2)cc(C(C)(C)C)c1.CC(C)(C)c1cc([PH+](c2cc(C(C)(C)C)cc(C(C)(C)C)c2)c2cc(C(C)(C)C)cc(C(C)(C)C)c2)cc(C(C)(C)C)c1.[I][Pd][I]. The quantitative estimate of drug-likeness (QED) is 0.0886. The van der Waals surface area contributed by atoms with Crippen LogP contribution in [0.2, 0.25) is 0 Å². The van der Waals surface area contributed by atoms with Crippen molar-refractivity contribution in [2.45, 2.75) is 314 Å². The van der Waals surface area contributed by atoms with Crippen molar-refractivity contribution in [2.24, 2.45) is 0 Å². The fourth-order valence-corrected chi connectivity index (χ4v) is 16.4. The summed E-state index contributed by atoms with van der Waals surface area (Å²) in [7, 11) is -1.84. The number of hydrogen-bond acceptors (Lipinski definition) is 0. The maximum atomic E-state index is 2.56. The van der Waals surface area contributed by atoms with Gasteiger partial charge in [0.25, 0.3) is 0 Å². The Morgan fingerprint density at radius 3 is 0.292 bits per heavy atom. The predicted octanol–water partition coefficient (Wildman–Crippen LogP) is 23.7. The molecule has 0 heterocycles.